The average molecular weight is 370 g/mol. The molecule has 5 nitrogen and oxygen atoms in total. The lowest BCUT2D eigenvalue weighted by Gasteiger charge is -2.24. The van der Waals surface area contributed by atoms with Crippen LogP contribution in [0, 0.1) is 5.82 Å². The summed E-state index contributed by atoms with van der Waals surface area (Å²) >= 11 is 0. The van der Waals surface area contributed by atoms with E-state index in [-0.39, 0.29) is 24.6 Å². The molecule has 0 saturated carbocycles. The molecule has 1 atom stereocenters. The Bertz CT molecular complexity index is 827. The zero-order chi connectivity index (χ0) is 18.6. The molecule has 2 aliphatic rings. The topological polar surface area (TPSA) is 50.8 Å². The quantitative estimate of drug-likeness (QED) is 0.850. The van der Waals surface area contributed by atoms with Gasteiger partial charge in [0.2, 0.25) is 12.7 Å². The van der Waals surface area contributed by atoms with Gasteiger partial charge >= 0.3 is 0 Å². The molecule has 0 aromatic heterocycles. The molecule has 0 bridgehead atoms. The number of nitrogens with zero attached hydrogens (tertiary/aromatic N) is 1. The molecular formula is C21H23FN2O3. The first-order chi connectivity index (χ1) is 13.2. The van der Waals surface area contributed by atoms with Gasteiger partial charge in [0.05, 0.1) is 6.04 Å². The van der Waals surface area contributed by atoms with E-state index in [1.54, 1.807) is 12.1 Å². The summed E-state index contributed by atoms with van der Waals surface area (Å²) in [5, 5.41) is 3.02. The normalized spacial score (nSPS) is 18.6. The minimum atomic E-state index is -0.216. The number of benzene rings is 2. The Kier molecular flexibility index (Phi) is 5.25. The summed E-state index contributed by atoms with van der Waals surface area (Å²) in [5.41, 5.74) is 1.73. The monoisotopic (exact) mass is 370 g/mol. The predicted molar refractivity (Wildman–Crippen MR) is 99.1 cm³/mol. The third-order valence-corrected chi connectivity index (χ3v) is 5.15. The lowest BCUT2D eigenvalue weighted by molar-refractivity contribution is -0.125. The van der Waals surface area contributed by atoms with Crippen LogP contribution in [-0.2, 0) is 17.8 Å². The lowest BCUT2D eigenvalue weighted by Crippen LogP contribution is -2.43. The molecular weight excluding hydrogens is 347 g/mol. The standard InChI is InChI=1S/C21H23FN2O3/c22-17-5-2-1-4-16(17)13-24-11-3-6-18(24)21(25)23-10-9-15-7-8-19-20(12-15)27-14-26-19/h1-2,4-5,7-8,12,18H,3,6,9-11,13-14H2,(H,23,25). The van der Waals surface area contributed by atoms with E-state index in [0.29, 0.717) is 18.7 Å². The maximum absolute atomic E-state index is 13.9. The summed E-state index contributed by atoms with van der Waals surface area (Å²) in [7, 11) is 0. The highest BCUT2D eigenvalue weighted by Gasteiger charge is 2.30. The van der Waals surface area contributed by atoms with E-state index < -0.39 is 0 Å². The van der Waals surface area contributed by atoms with Crippen molar-refractivity contribution >= 4 is 5.91 Å². The molecule has 27 heavy (non-hydrogen) atoms. The van der Waals surface area contributed by atoms with E-state index in [4.69, 9.17) is 9.47 Å². The second-order valence-electron chi connectivity index (χ2n) is 6.95. The van der Waals surface area contributed by atoms with Crippen LogP contribution in [-0.4, -0.2) is 36.7 Å². The van der Waals surface area contributed by atoms with Crippen LogP contribution < -0.4 is 14.8 Å². The van der Waals surface area contributed by atoms with E-state index in [0.717, 1.165) is 42.9 Å². The largest absolute Gasteiger partial charge is 0.454 e. The number of hydrogen-bond donors (Lipinski definition) is 1. The van der Waals surface area contributed by atoms with E-state index in [1.807, 2.05) is 24.3 Å². The van der Waals surface area contributed by atoms with Crippen molar-refractivity contribution in [3.63, 3.8) is 0 Å². The molecule has 1 fully saturated rings. The molecule has 2 aromatic carbocycles. The average Bonchev–Trinajstić information content (AvgIpc) is 3.32. The number of ether oxygens (including phenoxy) is 2. The fraction of sp³-hybridized carbons (Fsp3) is 0.381. The van der Waals surface area contributed by atoms with Gasteiger partial charge in [0.15, 0.2) is 11.5 Å². The van der Waals surface area contributed by atoms with Crippen LogP contribution in [0.15, 0.2) is 42.5 Å². The zero-order valence-corrected chi connectivity index (χ0v) is 15.1. The Balaban J connectivity index is 1.30. The lowest BCUT2D eigenvalue weighted by atomic mass is 10.1. The van der Waals surface area contributed by atoms with Gasteiger partial charge in [-0.3, -0.25) is 9.69 Å². The Labute approximate surface area is 158 Å². The van der Waals surface area contributed by atoms with Crippen LogP contribution in [0.4, 0.5) is 4.39 Å². The minimum absolute atomic E-state index is 0.0181. The molecule has 4 rings (SSSR count). The van der Waals surface area contributed by atoms with Gasteiger partial charge in [-0.15, -0.1) is 0 Å². The SMILES string of the molecule is O=C(NCCc1ccc2c(c1)OCO2)C1CCCN1Cc1ccccc1F. The Morgan fingerprint density at radius 3 is 2.93 bits per heavy atom. The molecule has 0 aliphatic carbocycles. The van der Waals surface area contributed by atoms with Gasteiger partial charge in [0.25, 0.3) is 0 Å². The number of likely N-dealkylation sites (tertiary alicyclic amines) is 1. The smallest absolute Gasteiger partial charge is 0.237 e. The molecule has 2 aliphatic heterocycles. The van der Waals surface area contributed by atoms with Crippen molar-refractivity contribution < 1.29 is 18.7 Å². The Hall–Kier alpha value is -2.60. The summed E-state index contributed by atoms with van der Waals surface area (Å²) in [5.74, 6) is 1.32. The fourth-order valence-electron chi connectivity index (χ4n) is 3.70. The number of nitrogens with one attached hydrogen (secondary N) is 1. The Morgan fingerprint density at radius 2 is 2.04 bits per heavy atom. The third-order valence-electron chi connectivity index (χ3n) is 5.15. The maximum atomic E-state index is 13.9. The van der Waals surface area contributed by atoms with E-state index in [1.165, 1.54) is 6.07 Å². The highest BCUT2D eigenvalue weighted by atomic mass is 19.1. The molecule has 6 heteroatoms. The van der Waals surface area contributed by atoms with Gasteiger partial charge in [-0.2, -0.15) is 0 Å². The van der Waals surface area contributed by atoms with E-state index in [2.05, 4.69) is 10.2 Å². The summed E-state index contributed by atoms with van der Waals surface area (Å²) in [4.78, 5) is 14.7. The molecule has 1 N–H and O–H groups in total. The van der Waals surface area contributed by atoms with Crippen molar-refractivity contribution in [3.8, 4) is 11.5 Å². The Morgan fingerprint density at radius 1 is 1.19 bits per heavy atom. The van der Waals surface area contributed by atoms with Crippen LogP contribution in [0.25, 0.3) is 0 Å². The molecule has 142 valence electrons. The van der Waals surface area contributed by atoms with Crippen molar-refractivity contribution in [2.24, 2.45) is 0 Å². The summed E-state index contributed by atoms with van der Waals surface area (Å²) in [6.45, 7) is 2.10. The van der Waals surface area contributed by atoms with Gasteiger partial charge in [0.1, 0.15) is 5.82 Å². The van der Waals surface area contributed by atoms with Crippen LogP contribution in [0.5, 0.6) is 11.5 Å². The number of carbonyl (C=O) groups excluding carboxylic acids is 1. The number of halogens is 1. The van der Waals surface area contributed by atoms with Crippen molar-refractivity contribution in [1.82, 2.24) is 10.2 Å². The predicted octanol–water partition coefficient (Wildman–Crippen LogP) is 2.88. The van der Waals surface area contributed by atoms with Crippen molar-refractivity contribution in [2.45, 2.75) is 31.8 Å². The number of amides is 1. The molecule has 1 unspecified atom stereocenters. The molecule has 0 spiro atoms. The molecule has 2 aromatic rings. The zero-order valence-electron chi connectivity index (χ0n) is 15.1. The molecule has 2 heterocycles. The van der Waals surface area contributed by atoms with Gasteiger partial charge < -0.3 is 14.8 Å². The number of fused-ring (bicyclic) bond motifs is 1. The van der Waals surface area contributed by atoms with Crippen molar-refractivity contribution in [1.29, 1.82) is 0 Å². The van der Waals surface area contributed by atoms with Crippen LogP contribution in [0.3, 0.4) is 0 Å². The van der Waals surface area contributed by atoms with Crippen molar-refractivity contribution in [2.75, 3.05) is 19.9 Å². The van der Waals surface area contributed by atoms with Gasteiger partial charge in [-0.25, -0.2) is 4.39 Å². The number of carbonyl (C=O) groups is 1. The van der Waals surface area contributed by atoms with Crippen LogP contribution >= 0.6 is 0 Å². The van der Waals surface area contributed by atoms with Gasteiger partial charge in [-0.1, -0.05) is 24.3 Å². The minimum Gasteiger partial charge on any atom is -0.454 e. The first-order valence-electron chi connectivity index (χ1n) is 9.34. The summed E-state index contributed by atoms with van der Waals surface area (Å²) in [6.07, 6.45) is 2.49. The second kappa shape index (κ2) is 7.96. The summed E-state index contributed by atoms with van der Waals surface area (Å²) < 4.78 is 24.6. The molecule has 1 amide bonds. The fourth-order valence-corrected chi connectivity index (χ4v) is 3.70. The summed E-state index contributed by atoms with van der Waals surface area (Å²) in [6, 6.07) is 12.4. The maximum Gasteiger partial charge on any atom is 0.237 e. The van der Waals surface area contributed by atoms with E-state index in [9.17, 15) is 9.18 Å². The van der Waals surface area contributed by atoms with Crippen LogP contribution in [0.1, 0.15) is 24.0 Å². The van der Waals surface area contributed by atoms with Gasteiger partial charge in [0, 0.05) is 18.7 Å². The third kappa shape index (κ3) is 4.06. The van der Waals surface area contributed by atoms with Crippen LogP contribution in [0.2, 0.25) is 0 Å². The number of hydrogen-bond acceptors (Lipinski definition) is 4. The highest BCUT2D eigenvalue weighted by molar-refractivity contribution is 5.82. The molecule has 0 radical (unpaired) electrons. The highest BCUT2D eigenvalue weighted by Crippen LogP contribution is 2.32. The first-order valence-corrected chi connectivity index (χ1v) is 9.34. The number of rotatable bonds is 6. The first kappa shape index (κ1) is 17.8. The van der Waals surface area contributed by atoms with Gasteiger partial charge in [-0.05, 0) is 49.6 Å². The van der Waals surface area contributed by atoms with Crippen molar-refractivity contribution in [3.05, 3.63) is 59.4 Å². The molecule has 1 saturated heterocycles. The van der Waals surface area contributed by atoms with E-state index >= 15 is 0 Å². The second-order valence-corrected chi connectivity index (χ2v) is 6.95.